The zero-order valence-corrected chi connectivity index (χ0v) is 28.7. The Bertz CT molecular complexity index is 1880. The molecule has 14 nitrogen and oxygen atoms in total. The van der Waals surface area contributed by atoms with Crippen molar-refractivity contribution in [1.82, 2.24) is 5.32 Å². The highest BCUT2D eigenvalue weighted by molar-refractivity contribution is 6.31. The van der Waals surface area contributed by atoms with Crippen LogP contribution < -0.4 is 10.1 Å². The van der Waals surface area contributed by atoms with Crippen molar-refractivity contribution in [3.63, 3.8) is 0 Å². The second-order valence-electron chi connectivity index (χ2n) is 14.3. The minimum absolute atomic E-state index is 0.0741. The van der Waals surface area contributed by atoms with Gasteiger partial charge in [0.1, 0.15) is 35.6 Å². The predicted molar refractivity (Wildman–Crippen MR) is 179 cm³/mol. The number of aromatic hydroxyl groups is 2. The fourth-order valence-electron chi connectivity index (χ4n) is 8.51. The van der Waals surface area contributed by atoms with Crippen LogP contribution >= 0.6 is 0 Å². The molecule has 1 amide bonds. The summed E-state index contributed by atoms with van der Waals surface area (Å²) in [5.74, 6) is 3.52. The van der Waals surface area contributed by atoms with Crippen molar-refractivity contribution >= 4 is 23.4 Å². The number of alkyl carbamates (subject to hydrolysis) is 1. The van der Waals surface area contributed by atoms with Gasteiger partial charge >= 0.3 is 6.09 Å². The van der Waals surface area contributed by atoms with E-state index in [4.69, 9.17) is 18.9 Å². The molecule has 7 rings (SSSR count). The molecule has 0 bridgehead atoms. The summed E-state index contributed by atoms with van der Waals surface area (Å²) in [5.41, 5.74) is -3.93. The summed E-state index contributed by atoms with van der Waals surface area (Å²) in [5, 5.41) is 58.2. The number of nitrogens with one attached hydrogen (secondary N) is 1. The van der Waals surface area contributed by atoms with Gasteiger partial charge in [-0.25, -0.2) is 4.79 Å². The number of carbonyl (C=O) groups excluding carboxylic acids is 4. The van der Waals surface area contributed by atoms with E-state index in [9.17, 15) is 44.7 Å². The Hall–Kier alpha value is -4.52. The first-order valence-electron chi connectivity index (χ1n) is 17.5. The fourth-order valence-corrected chi connectivity index (χ4v) is 8.51. The van der Waals surface area contributed by atoms with E-state index in [2.05, 4.69) is 17.2 Å². The second kappa shape index (κ2) is 13.8. The molecule has 2 fully saturated rings. The van der Waals surface area contributed by atoms with Gasteiger partial charge in [0.15, 0.2) is 17.9 Å². The molecule has 2 aromatic rings. The number of amides is 1. The number of ether oxygens (including phenoxy) is 4. The molecule has 2 aromatic carbocycles. The Kier molecular flexibility index (Phi) is 9.51. The van der Waals surface area contributed by atoms with Crippen LogP contribution in [0.4, 0.5) is 4.79 Å². The Labute approximate surface area is 299 Å². The van der Waals surface area contributed by atoms with E-state index in [1.165, 1.54) is 25.3 Å². The van der Waals surface area contributed by atoms with Gasteiger partial charge in [0.25, 0.3) is 0 Å². The van der Waals surface area contributed by atoms with E-state index >= 15 is 0 Å². The molecule has 276 valence electrons. The molecule has 52 heavy (non-hydrogen) atoms. The summed E-state index contributed by atoms with van der Waals surface area (Å²) in [4.78, 5) is 53.5. The Morgan fingerprint density at radius 2 is 1.73 bits per heavy atom. The molecule has 6 N–H and O–H groups in total. The van der Waals surface area contributed by atoms with Crippen LogP contribution in [-0.2, 0) is 25.4 Å². The molecular weight excluding hydrogens is 678 g/mol. The van der Waals surface area contributed by atoms with Gasteiger partial charge in [0, 0.05) is 48.8 Å². The van der Waals surface area contributed by atoms with Crippen molar-refractivity contribution < 1.29 is 63.7 Å². The quantitative estimate of drug-likeness (QED) is 0.146. The van der Waals surface area contributed by atoms with Crippen LogP contribution in [0.1, 0.15) is 94.5 Å². The molecule has 1 saturated carbocycles. The number of benzene rings is 2. The smallest absolute Gasteiger partial charge is 0.407 e. The number of aliphatic hydroxyl groups is 3. The van der Waals surface area contributed by atoms with Crippen molar-refractivity contribution in [1.29, 1.82) is 0 Å². The van der Waals surface area contributed by atoms with Crippen LogP contribution in [0, 0.1) is 29.6 Å². The standard InChI is InChI=1S/C38H41NO13/c1-17-32(42)23(39-37(47)50-16-22-18-8-5-3-4-6-9-19(18)22)12-27(51-17)52-25-14-38(48,26(41)15-40)13-21-29(25)36(46)31-30(34(21)44)33(43)20-10-7-11-24(49-2)28(20)35(31)45/h7,10-11,17-19,22-23,25,27,32,40,42,44,46,48H,5-6,8-9,12-16H2,1-2H3,(H,39,47)/t17-,18+,19+,23-,25-,27-,32+,38-/m0/s1. The van der Waals surface area contributed by atoms with Crippen molar-refractivity contribution in [2.75, 3.05) is 20.3 Å². The molecule has 1 saturated heterocycles. The lowest BCUT2D eigenvalue weighted by Crippen LogP contribution is -2.56. The fraction of sp³-hybridized carbons (Fsp3) is 0.526. The Morgan fingerprint density at radius 3 is 2.40 bits per heavy atom. The minimum atomic E-state index is -2.32. The van der Waals surface area contributed by atoms with E-state index in [0.29, 0.717) is 11.8 Å². The first-order chi connectivity index (χ1) is 24.9. The maximum absolute atomic E-state index is 13.9. The second-order valence-corrected chi connectivity index (χ2v) is 14.3. The highest BCUT2D eigenvalue weighted by Gasteiger charge is 2.51. The molecule has 0 aromatic heterocycles. The molecule has 1 aliphatic heterocycles. The number of Topliss-reactive ketones (excluding diaryl/α,β-unsaturated/α-hetero) is 1. The number of hydrogen-bond acceptors (Lipinski definition) is 13. The lowest BCUT2D eigenvalue weighted by atomic mass is 9.72. The summed E-state index contributed by atoms with van der Waals surface area (Å²) in [6.45, 7) is 0.726. The lowest BCUT2D eigenvalue weighted by molar-refractivity contribution is -0.249. The van der Waals surface area contributed by atoms with Gasteiger partial charge in [-0.05, 0) is 43.6 Å². The van der Waals surface area contributed by atoms with Gasteiger partial charge in [0.05, 0.1) is 48.7 Å². The molecule has 8 atom stereocenters. The summed E-state index contributed by atoms with van der Waals surface area (Å²) in [6, 6.07) is 3.42. The average Bonchev–Trinajstić information content (AvgIpc) is 3.77. The normalized spacial score (nSPS) is 31.6. The number of carbonyl (C=O) groups is 4. The minimum Gasteiger partial charge on any atom is -0.507 e. The SMILES string of the molecule is COc1cccc2c1C(=O)c1c(O)c3c(c(O)c1C2=O)C[C@@](O)(C(=O)CO)C[C@@H]3O[C@H]1C[C@H](NC(=O)OCC2[C@@H]3CCC#CCC[C@@H]23)[C@H](O)[C@H](C)O1. The van der Waals surface area contributed by atoms with E-state index in [1.54, 1.807) is 6.92 Å². The average molecular weight is 720 g/mol. The first-order valence-corrected chi connectivity index (χ1v) is 17.5. The Balaban J connectivity index is 1.15. The van der Waals surface area contributed by atoms with Crippen molar-refractivity contribution in [3.8, 4) is 29.1 Å². The summed E-state index contributed by atoms with van der Waals surface area (Å²) in [6.07, 6.45) is -3.17. The summed E-state index contributed by atoms with van der Waals surface area (Å²) >= 11 is 0. The molecule has 0 radical (unpaired) electrons. The van der Waals surface area contributed by atoms with Gasteiger partial charge in [-0.15, -0.1) is 11.8 Å². The number of methoxy groups -OCH3 is 1. The number of fused-ring (bicyclic) bond motifs is 4. The van der Waals surface area contributed by atoms with Crippen molar-refractivity contribution in [3.05, 3.63) is 51.6 Å². The number of aliphatic hydroxyl groups excluding tert-OH is 2. The topological polar surface area (TPSA) is 218 Å². The van der Waals surface area contributed by atoms with Gasteiger partial charge in [-0.3, -0.25) is 14.4 Å². The highest BCUT2D eigenvalue weighted by Crippen LogP contribution is 2.54. The summed E-state index contributed by atoms with van der Waals surface area (Å²) < 4.78 is 23.0. The van der Waals surface area contributed by atoms with E-state index < -0.39 is 102 Å². The third kappa shape index (κ3) is 6.10. The van der Waals surface area contributed by atoms with E-state index in [-0.39, 0.29) is 46.9 Å². The van der Waals surface area contributed by atoms with Gasteiger partial charge in [0.2, 0.25) is 5.78 Å². The van der Waals surface area contributed by atoms with Crippen LogP contribution in [-0.4, -0.2) is 99.4 Å². The lowest BCUT2D eigenvalue weighted by Gasteiger charge is -2.42. The number of hydrogen-bond donors (Lipinski definition) is 6. The van der Waals surface area contributed by atoms with Crippen LogP contribution in [0.3, 0.4) is 0 Å². The largest absolute Gasteiger partial charge is 0.507 e. The zero-order chi connectivity index (χ0) is 37.1. The maximum Gasteiger partial charge on any atom is 0.407 e. The van der Waals surface area contributed by atoms with Crippen molar-refractivity contribution in [2.45, 2.75) is 88.1 Å². The Morgan fingerprint density at radius 1 is 1.04 bits per heavy atom. The predicted octanol–water partition coefficient (Wildman–Crippen LogP) is 2.21. The molecule has 0 unspecified atom stereocenters. The number of ketones is 3. The number of phenolic OH excluding ortho intramolecular Hbond substituents is 2. The van der Waals surface area contributed by atoms with Crippen LogP contribution in [0.5, 0.6) is 17.2 Å². The number of rotatable bonds is 8. The van der Waals surface area contributed by atoms with Gasteiger partial charge in [-0.1, -0.05) is 12.1 Å². The van der Waals surface area contributed by atoms with E-state index in [0.717, 1.165) is 25.7 Å². The van der Waals surface area contributed by atoms with Crippen LogP contribution in [0.2, 0.25) is 0 Å². The van der Waals surface area contributed by atoms with E-state index in [1.807, 2.05) is 0 Å². The molecule has 14 heteroatoms. The molecule has 1 heterocycles. The van der Waals surface area contributed by atoms with Gasteiger partial charge in [-0.2, -0.15) is 0 Å². The first kappa shape index (κ1) is 35.9. The monoisotopic (exact) mass is 719 g/mol. The van der Waals surface area contributed by atoms with Gasteiger partial charge < -0.3 is 49.8 Å². The number of phenols is 2. The van der Waals surface area contributed by atoms with Crippen molar-refractivity contribution in [2.24, 2.45) is 17.8 Å². The molecule has 5 aliphatic rings. The third-order valence-corrected chi connectivity index (χ3v) is 11.3. The summed E-state index contributed by atoms with van der Waals surface area (Å²) in [7, 11) is 1.32. The van der Waals surface area contributed by atoms with Crippen LogP contribution in [0.25, 0.3) is 0 Å². The molecular formula is C38H41NO13. The van der Waals surface area contributed by atoms with Crippen LogP contribution in [0.15, 0.2) is 18.2 Å². The highest BCUT2D eigenvalue weighted by atomic mass is 16.7. The third-order valence-electron chi connectivity index (χ3n) is 11.3. The molecule has 0 spiro atoms. The molecule has 4 aliphatic carbocycles. The zero-order valence-electron chi connectivity index (χ0n) is 28.7. The maximum atomic E-state index is 13.9.